The second-order valence-electron chi connectivity index (χ2n) is 6.10. The Morgan fingerprint density at radius 1 is 1.14 bits per heavy atom. The summed E-state index contributed by atoms with van der Waals surface area (Å²) >= 11 is 1.06. The van der Waals surface area contributed by atoms with Crippen LogP contribution < -0.4 is 4.90 Å². The highest BCUT2D eigenvalue weighted by atomic mass is 32.2. The molecule has 1 amide bonds. The molecule has 8 heteroatoms. The number of carbonyl (C=O) groups is 2. The van der Waals surface area contributed by atoms with Crippen molar-refractivity contribution in [1.29, 1.82) is 5.26 Å². The van der Waals surface area contributed by atoms with E-state index in [1.807, 2.05) is 6.07 Å². The van der Waals surface area contributed by atoms with Crippen LogP contribution >= 0.6 is 11.8 Å². The Morgan fingerprint density at radius 3 is 2.28 bits per heavy atom. The van der Waals surface area contributed by atoms with E-state index in [0.29, 0.717) is 5.69 Å². The lowest BCUT2D eigenvalue weighted by atomic mass is 10.1. The molecule has 0 bridgehead atoms. The van der Waals surface area contributed by atoms with Crippen LogP contribution in [0.15, 0.2) is 59.1 Å². The van der Waals surface area contributed by atoms with Crippen molar-refractivity contribution in [3.8, 4) is 6.07 Å². The topological polar surface area (TPSA) is 70.4 Å². The summed E-state index contributed by atoms with van der Waals surface area (Å²) in [6, 6.07) is 12.7. The number of hydrogen-bond donors (Lipinski definition) is 0. The number of thioether (sulfide) groups is 1. The molecule has 1 atom stereocenters. The summed E-state index contributed by atoms with van der Waals surface area (Å²) in [6.45, 7) is 1.69. The number of amides is 1. The fourth-order valence-corrected chi connectivity index (χ4v) is 4.13. The van der Waals surface area contributed by atoms with Gasteiger partial charge in [0, 0.05) is 5.69 Å². The molecule has 1 saturated heterocycles. The standard InChI is InChI=1S/C21H16F2N2O3S/c1-2-28-21(27)17(12-24)20-25(16-9-7-15(23)8-10-16)19(26)18(29-20)11-13-3-5-14(22)6-4-13/h3-10,18H,2,11H2,1H3/b20-17-/t18-/m0/s1. The molecule has 0 N–H and O–H groups in total. The number of halogens is 2. The molecule has 0 saturated carbocycles. The molecule has 0 aromatic heterocycles. The monoisotopic (exact) mass is 414 g/mol. The van der Waals surface area contributed by atoms with E-state index in [9.17, 15) is 23.6 Å². The largest absolute Gasteiger partial charge is 0.462 e. The third-order valence-corrected chi connectivity index (χ3v) is 5.44. The molecule has 5 nitrogen and oxygen atoms in total. The molecule has 1 heterocycles. The summed E-state index contributed by atoms with van der Waals surface area (Å²) in [6.07, 6.45) is 0.270. The van der Waals surface area contributed by atoms with Crippen LogP contribution in [0.3, 0.4) is 0 Å². The van der Waals surface area contributed by atoms with Gasteiger partial charge >= 0.3 is 5.97 Å². The molecule has 0 radical (unpaired) electrons. The first-order chi connectivity index (χ1) is 13.9. The highest BCUT2D eigenvalue weighted by Crippen LogP contribution is 2.42. The van der Waals surface area contributed by atoms with Crippen LogP contribution in [0.4, 0.5) is 14.5 Å². The molecule has 29 heavy (non-hydrogen) atoms. The smallest absolute Gasteiger partial charge is 0.351 e. The van der Waals surface area contributed by atoms with Gasteiger partial charge < -0.3 is 4.74 Å². The maximum absolute atomic E-state index is 13.3. The number of carbonyl (C=O) groups excluding carboxylic acids is 2. The van der Waals surface area contributed by atoms with Gasteiger partial charge in [-0.25, -0.2) is 13.6 Å². The normalized spacial score (nSPS) is 17.8. The van der Waals surface area contributed by atoms with Gasteiger partial charge in [-0.1, -0.05) is 23.9 Å². The van der Waals surface area contributed by atoms with Crippen LogP contribution in [-0.4, -0.2) is 23.7 Å². The van der Waals surface area contributed by atoms with Crippen molar-refractivity contribution in [2.24, 2.45) is 0 Å². The van der Waals surface area contributed by atoms with E-state index in [-0.39, 0.29) is 35.4 Å². The average molecular weight is 414 g/mol. The molecule has 148 valence electrons. The zero-order chi connectivity index (χ0) is 21.0. The average Bonchev–Trinajstić information content (AvgIpc) is 3.01. The van der Waals surface area contributed by atoms with E-state index in [0.717, 1.165) is 17.3 Å². The SMILES string of the molecule is CCOC(=O)/C(C#N)=C1\S[C@@H](Cc2ccc(F)cc2)C(=O)N1c1ccc(F)cc1. The molecule has 1 aliphatic rings. The number of ether oxygens (including phenoxy) is 1. The lowest BCUT2D eigenvalue weighted by molar-refractivity contribution is -0.138. The summed E-state index contributed by atoms with van der Waals surface area (Å²) in [5.74, 6) is -2.06. The van der Waals surface area contributed by atoms with Gasteiger partial charge in [0.15, 0.2) is 5.57 Å². The first-order valence-electron chi connectivity index (χ1n) is 8.76. The Kier molecular flexibility index (Phi) is 6.29. The highest BCUT2D eigenvalue weighted by Gasteiger charge is 2.41. The maximum Gasteiger partial charge on any atom is 0.351 e. The Labute approximate surface area is 170 Å². The van der Waals surface area contributed by atoms with Gasteiger partial charge in [0.25, 0.3) is 0 Å². The zero-order valence-corrected chi connectivity index (χ0v) is 16.2. The van der Waals surface area contributed by atoms with Gasteiger partial charge in [-0.15, -0.1) is 0 Å². The summed E-state index contributed by atoms with van der Waals surface area (Å²) in [5, 5.41) is 9.02. The summed E-state index contributed by atoms with van der Waals surface area (Å²) < 4.78 is 31.4. The first kappa shape index (κ1) is 20.6. The zero-order valence-electron chi connectivity index (χ0n) is 15.4. The van der Waals surface area contributed by atoms with Crippen molar-refractivity contribution in [2.75, 3.05) is 11.5 Å². The fourth-order valence-electron chi connectivity index (χ4n) is 2.83. The van der Waals surface area contributed by atoms with Gasteiger partial charge in [-0.3, -0.25) is 9.69 Å². The van der Waals surface area contributed by atoms with Crippen LogP contribution in [0.5, 0.6) is 0 Å². The predicted octanol–water partition coefficient (Wildman–Crippen LogP) is 3.95. The van der Waals surface area contributed by atoms with E-state index in [2.05, 4.69) is 0 Å². The minimum absolute atomic E-state index is 0.0749. The van der Waals surface area contributed by atoms with Gasteiger partial charge in [0.1, 0.15) is 22.7 Å². The second kappa shape index (κ2) is 8.88. The third kappa shape index (κ3) is 4.46. The van der Waals surface area contributed by atoms with E-state index >= 15 is 0 Å². The van der Waals surface area contributed by atoms with E-state index in [1.54, 1.807) is 19.1 Å². The second-order valence-corrected chi connectivity index (χ2v) is 7.29. The Balaban J connectivity index is 2.02. The number of nitrogens with zero attached hydrogens (tertiary/aromatic N) is 2. The van der Waals surface area contributed by atoms with Gasteiger partial charge in [-0.05, 0) is 55.3 Å². The van der Waals surface area contributed by atoms with Crippen LogP contribution in [0.25, 0.3) is 0 Å². The lowest BCUT2D eigenvalue weighted by Crippen LogP contribution is -2.30. The number of benzene rings is 2. The van der Waals surface area contributed by atoms with Crippen molar-refractivity contribution in [2.45, 2.75) is 18.6 Å². The van der Waals surface area contributed by atoms with Crippen molar-refractivity contribution >= 4 is 29.3 Å². The van der Waals surface area contributed by atoms with Crippen molar-refractivity contribution in [1.82, 2.24) is 0 Å². The van der Waals surface area contributed by atoms with Gasteiger partial charge in [0.2, 0.25) is 5.91 Å². The van der Waals surface area contributed by atoms with Gasteiger partial charge in [-0.2, -0.15) is 5.26 Å². The molecule has 0 spiro atoms. The minimum atomic E-state index is -0.833. The van der Waals surface area contributed by atoms with Crippen LogP contribution in [0.2, 0.25) is 0 Å². The van der Waals surface area contributed by atoms with Crippen molar-refractivity contribution in [3.63, 3.8) is 0 Å². The summed E-state index contributed by atoms with van der Waals surface area (Å²) in [5.41, 5.74) is 0.765. The first-order valence-corrected chi connectivity index (χ1v) is 9.64. The number of rotatable bonds is 5. The number of anilines is 1. The molecule has 3 rings (SSSR count). The third-order valence-electron chi connectivity index (χ3n) is 4.18. The quantitative estimate of drug-likeness (QED) is 0.421. The highest BCUT2D eigenvalue weighted by molar-refractivity contribution is 8.05. The Morgan fingerprint density at radius 2 is 1.72 bits per heavy atom. The molecule has 2 aromatic carbocycles. The summed E-state index contributed by atoms with van der Waals surface area (Å²) in [4.78, 5) is 26.6. The molecular weight excluding hydrogens is 398 g/mol. The van der Waals surface area contributed by atoms with Crippen molar-refractivity contribution < 1.29 is 23.1 Å². The lowest BCUT2D eigenvalue weighted by Gasteiger charge is -2.18. The number of esters is 1. The summed E-state index contributed by atoms with van der Waals surface area (Å²) in [7, 11) is 0. The minimum Gasteiger partial charge on any atom is -0.462 e. The number of hydrogen-bond acceptors (Lipinski definition) is 5. The molecule has 2 aromatic rings. The van der Waals surface area contributed by atoms with E-state index in [1.165, 1.54) is 41.3 Å². The van der Waals surface area contributed by atoms with Gasteiger partial charge in [0.05, 0.1) is 11.9 Å². The fraction of sp³-hybridized carbons (Fsp3) is 0.190. The van der Waals surface area contributed by atoms with Crippen LogP contribution in [0.1, 0.15) is 12.5 Å². The molecule has 1 aliphatic heterocycles. The molecule has 0 unspecified atom stereocenters. The molecule has 1 fully saturated rings. The van der Waals surface area contributed by atoms with Crippen LogP contribution in [0, 0.1) is 23.0 Å². The van der Waals surface area contributed by atoms with Crippen molar-refractivity contribution in [3.05, 3.63) is 76.3 Å². The van der Waals surface area contributed by atoms with Crippen LogP contribution in [-0.2, 0) is 20.7 Å². The predicted molar refractivity (Wildman–Crippen MR) is 105 cm³/mol. The Hall–Kier alpha value is -3.18. The Bertz CT molecular complexity index is 998. The van der Waals surface area contributed by atoms with E-state index < -0.39 is 17.0 Å². The van der Waals surface area contributed by atoms with E-state index in [4.69, 9.17) is 4.74 Å². The molecular formula is C21H16F2N2O3S. The molecule has 0 aliphatic carbocycles. The number of nitriles is 1. The maximum atomic E-state index is 13.3.